The predicted molar refractivity (Wildman–Crippen MR) is 103 cm³/mol. The normalized spacial score (nSPS) is 16.9. The third-order valence-corrected chi connectivity index (χ3v) is 5.10. The zero-order chi connectivity index (χ0) is 19.0. The lowest BCUT2D eigenvalue weighted by Gasteiger charge is -2.19. The van der Waals surface area contributed by atoms with Gasteiger partial charge in [0.05, 0.1) is 18.1 Å². The van der Waals surface area contributed by atoms with Crippen LogP contribution >= 0.6 is 0 Å². The number of fused-ring (bicyclic) bond motifs is 1. The summed E-state index contributed by atoms with van der Waals surface area (Å²) in [6.45, 7) is 2.64. The van der Waals surface area contributed by atoms with Crippen LogP contribution in [-0.4, -0.2) is 35.1 Å². The van der Waals surface area contributed by atoms with E-state index < -0.39 is 0 Å². The lowest BCUT2D eigenvalue weighted by molar-refractivity contribution is -0.141. The number of carbonyl (C=O) groups excluding carboxylic acids is 2. The van der Waals surface area contributed by atoms with E-state index in [1.165, 1.54) is 7.11 Å². The van der Waals surface area contributed by atoms with Gasteiger partial charge in [0.1, 0.15) is 12.4 Å². The number of aryl methyl sites for hydroxylation is 1. The monoisotopic (exact) mass is 363 g/mol. The number of benzene rings is 2. The number of ether oxygens (including phenoxy) is 1. The molecule has 6 nitrogen and oxygen atoms in total. The lowest BCUT2D eigenvalue weighted by Crippen LogP contribution is -2.25. The molecule has 3 aromatic rings. The molecular formula is C21H21N3O3. The molecule has 2 heterocycles. The molecule has 1 aliphatic rings. The summed E-state index contributed by atoms with van der Waals surface area (Å²) in [5.74, 6) is 0.422. The fraction of sp³-hybridized carbons (Fsp3) is 0.286. The Morgan fingerprint density at radius 1 is 1.19 bits per heavy atom. The van der Waals surface area contributed by atoms with Crippen LogP contribution in [0.15, 0.2) is 48.5 Å². The Morgan fingerprint density at radius 2 is 1.93 bits per heavy atom. The number of hydrogen-bond acceptors (Lipinski definition) is 4. The van der Waals surface area contributed by atoms with E-state index >= 15 is 0 Å². The third kappa shape index (κ3) is 3.07. The molecule has 6 heteroatoms. The number of anilines is 1. The predicted octanol–water partition coefficient (Wildman–Crippen LogP) is 3.04. The number of aromatic nitrogens is 2. The summed E-state index contributed by atoms with van der Waals surface area (Å²) in [7, 11) is 1.38. The molecule has 138 valence electrons. The summed E-state index contributed by atoms with van der Waals surface area (Å²) in [5, 5.41) is 0. The highest BCUT2D eigenvalue weighted by molar-refractivity contribution is 5.97. The maximum atomic E-state index is 12.7. The summed E-state index contributed by atoms with van der Waals surface area (Å²) in [6.07, 6.45) is 0.374. The Labute approximate surface area is 157 Å². The summed E-state index contributed by atoms with van der Waals surface area (Å²) in [6, 6.07) is 15.6. The molecule has 1 aliphatic heterocycles. The van der Waals surface area contributed by atoms with E-state index in [9.17, 15) is 9.59 Å². The Hall–Kier alpha value is -3.15. The smallest absolute Gasteiger partial charge is 0.325 e. The molecular weight excluding hydrogens is 342 g/mol. The number of esters is 1. The van der Waals surface area contributed by atoms with E-state index in [-0.39, 0.29) is 24.3 Å². The molecule has 27 heavy (non-hydrogen) atoms. The average molecular weight is 363 g/mol. The highest BCUT2D eigenvalue weighted by Crippen LogP contribution is 2.34. The van der Waals surface area contributed by atoms with Crippen molar-refractivity contribution in [1.82, 2.24) is 9.55 Å². The molecule has 0 unspecified atom stereocenters. The van der Waals surface area contributed by atoms with Crippen LogP contribution in [0.3, 0.4) is 0 Å². The van der Waals surface area contributed by atoms with Gasteiger partial charge in [-0.05, 0) is 30.7 Å². The highest BCUT2D eigenvalue weighted by Gasteiger charge is 2.35. The molecule has 0 radical (unpaired) electrons. The average Bonchev–Trinajstić information content (AvgIpc) is 3.23. The first-order chi connectivity index (χ1) is 13.1. The summed E-state index contributed by atoms with van der Waals surface area (Å²) >= 11 is 0. The zero-order valence-electron chi connectivity index (χ0n) is 15.4. The van der Waals surface area contributed by atoms with Crippen LogP contribution < -0.4 is 4.90 Å². The van der Waals surface area contributed by atoms with Crippen molar-refractivity contribution in [2.75, 3.05) is 18.6 Å². The van der Waals surface area contributed by atoms with Crippen molar-refractivity contribution in [1.29, 1.82) is 0 Å². The van der Waals surface area contributed by atoms with Crippen LogP contribution in [0.5, 0.6) is 0 Å². The molecule has 0 aliphatic carbocycles. The lowest BCUT2D eigenvalue weighted by atomic mass is 10.1. The van der Waals surface area contributed by atoms with Crippen LogP contribution in [0.1, 0.15) is 23.7 Å². The highest BCUT2D eigenvalue weighted by atomic mass is 16.5. The molecule has 0 bridgehead atoms. The van der Waals surface area contributed by atoms with Crippen molar-refractivity contribution < 1.29 is 14.3 Å². The van der Waals surface area contributed by atoms with Gasteiger partial charge in [-0.1, -0.05) is 30.3 Å². The first kappa shape index (κ1) is 17.3. The second kappa shape index (κ2) is 6.87. The van der Waals surface area contributed by atoms with E-state index in [0.717, 1.165) is 28.1 Å². The fourth-order valence-corrected chi connectivity index (χ4v) is 3.75. The van der Waals surface area contributed by atoms with Gasteiger partial charge in [0.2, 0.25) is 5.91 Å². The van der Waals surface area contributed by atoms with E-state index in [4.69, 9.17) is 9.72 Å². The van der Waals surface area contributed by atoms with E-state index in [1.54, 1.807) is 0 Å². The quantitative estimate of drug-likeness (QED) is 0.669. The molecule has 1 saturated heterocycles. The standard InChI is InChI=1S/C21H21N3O3/c1-14-7-3-5-9-17(14)23-12-15(11-19(23)25)21-22-16-8-4-6-10-18(16)24(21)13-20(26)27-2/h3-10,15H,11-13H2,1-2H3/t15-/m1/s1. The Kier molecular flexibility index (Phi) is 4.39. The van der Waals surface area contributed by atoms with Gasteiger partial charge < -0.3 is 14.2 Å². The zero-order valence-corrected chi connectivity index (χ0v) is 15.4. The van der Waals surface area contributed by atoms with Crippen LogP contribution in [0.2, 0.25) is 0 Å². The van der Waals surface area contributed by atoms with Gasteiger partial charge in [-0.15, -0.1) is 0 Å². The number of rotatable bonds is 4. The second-order valence-electron chi connectivity index (χ2n) is 6.81. The van der Waals surface area contributed by atoms with Crippen LogP contribution in [0, 0.1) is 6.92 Å². The Morgan fingerprint density at radius 3 is 2.70 bits per heavy atom. The van der Waals surface area contributed by atoms with Gasteiger partial charge in [-0.2, -0.15) is 0 Å². The van der Waals surface area contributed by atoms with E-state index in [1.807, 2.05) is 64.9 Å². The van der Waals surface area contributed by atoms with Gasteiger partial charge in [-0.25, -0.2) is 4.98 Å². The number of carbonyl (C=O) groups is 2. The number of hydrogen-bond donors (Lipinski definition) is 0. The summed E-state index contributed by atoms with van der Waals surface area (Å²) < 4.78 is 6.73. The molecule has 1 amide bonds. The first-order valence-electron chi connectivity index (χ1n) is 8.96. The van der Waals surface area contributed by atoms with Crippen molar-refractivity contribution in [3.05, 3.63) is 59.9 Å². The SMILES string of the molecule is COC(=O)Cn1c([C@@H]2CC(=O)N(c3ccccc3C)C2)nc2ccccc21. The third-order valence-electron chi connectivity index (χ3n) is 5.10. The summed E-state index contributed by atoms with van der Waals surface area (Å²) in [4.78, 5) is 31.2. The van der Waals surface area contributed by atoms with Crippen molar-refractivity contribution in [3.63, 3.8) is 0 Å². The van der Waals surface area contributed by atoms with Crippen molar-refractivity contribution in [2.24, 2.45) is 0 Å². The Balaban J connectivity index is 1.72. The van der Waals surface area contributed by atoms with Gasteiger partial charge in [0.25, 0.3) is 0 Å². The first-order valence-corrected chi connectivity index (χ1v) is 8.96. The molecule has 1 atom stereocenters. The van der Waals surface area contributed by atoms with Gasteiger partial charge in [-0.3, -0.25) is 9.59 Å². The number of nitrogens with zero attached hydrogens (tertiary/aromatic N) is 3. The van der Waals surface area contributed by atoms with Crippen molar-refractivity contribution in [2.45, 2.75) is 25.8 Å². The fourth-order valence-electron chi connectivity index (χ4n) is 3.75. The second-order valence-corrected chi connectivity index (χ2v) is 6.81. The van der Waals surface area contributed by atoms with Crippen LogP contribution in [-0.2, 0) is 20.9 Å². The molecule has 0 saturated carbocycles. The minimum atomic E-state index is -0.334. The van der Waals surface area contributed by atoms with Crippen LogP contribution in [0.25, 0.3) is 11.0 Å². The van der Waals surface area contributed by atoms with E-state index in [0.29, 0.717) is 13.0 Å². The number of amides is 1. The largest absolute Gasteiger partial charge is 0.468 e. The maximum absolute atomic E-state index is 12.7. The van der Waals surface area contributed by atoms with E-state index in [2.05, 4.69) is 0 Å². The van der Waals surface area contributed by atoms with Gasteiger partial charge in [0, 0.05) is 24.6 Å². The Bertz CT molecular complexity index is 1020. The topological polar surface area (TPSA) is 64.4 Å². The number of para-hydroxylation sites is 3. The van der Waals surface area contributed by atoms with Crippen molar-refractivity contribution in [3.8, 4) is 0 Å². The molecule has 4 rings (SSSR count). The number of methoxy groups -OCH3 is 1. The maximum Gasteiger partial charge on any atom is 0.325 e. The summed E-state index contributed by atoms with van der Waals surface area (Å²) in [5.41, 5.74) is 3.69. The van der Waals surface area contributed by atoms with Gasteiger partial charge >= 0.3 is 5.97 Å². The molecule has 2 aromatic carbocycles. The van der Waals surface area contributed by atoms with Crippen LogP contribution in [0.4, 0.5) is 5.69 Å². The minimum absolute atomic E-state index is 0.0748. The number of imidazole rings is 1. The minimum Gasteiger partial charge on any atom is -0.468 e. The molecule has 0 N–H and O–H groups in total. The van der Waals surface area contributed by atoms with Crippen molar-refractivity contribution >= 4 is 28.6 Å². The molecule has 1 fully saturated rings. The van der Waals surface area contributed by atoms with Gasteiger partial charge in [0.15, 0.2) is 0 Å². The molecule has 1 aromatic heterocycles. The molecule has 0 spiro atoms.